The molecule has 1 aromatic carbocycles. The molecule has 0 atom stereocenters. The SMILES string of the molecule is CCCCCCCCC(CCCCCCCC)OC(=O)CCCCCCCC(=O)Oc1ccc(CC(=O)OC(C)(C)C)cc1. The van der Waals surface area contributed by atoms with Gasteiger partial charge in [-0.15, -0.1) is 0 Å². The van der Waals surface area contributed by atoms with Gasteiger partial charge in [0.1, 0.15) is 17.5 Å². The lowest BCUT2D eigenvalue weighted by Crippen LogP contribution is -2.24. The van der Waals surface area contributed by atoms with Gasteiger partial charge in [-0.3, -0.25) is 14.4 Å². The van der Waals surface area contributed by atoms with Crippen LogP contribution in [0.15, 0.2) is 24.3 Å². The molecule has 44 heavy (non-hydrogen) atoms. The van der Waals surface area contributed by atoms with Crippen LogP contribution >= 0.6 is 0 Å². The zero-order valence-electron chi connectivity index (χ0n) is 28.9. The molecule has 0 aliphatic carbocycles. The maximum Gasteiger partial charge on any atom is 0.311 e. The first kappa shape index (κ1) is 39.7. The van der Waals surface area contributed by atoms with E-state index in [9.17, 15) is 14.4 Å². The van der Waals surface area contributed by atoms with Gasteiger partial charge in [0, 0.05) is 12.8 Å². The highest BCUT2D eigenvalue weighted by Crippen LogP contribution is 2.19. The predicted octanol–water partition coefficient (Wildman–Crippen LogP) is 10.6. The highest BCUT2D eigenvalue weighted by Gasteiger charge is 2.17. The molecule has 1 rings (SSSR count). The lowest BCUT2D eigenvalue weighted by atomic mass is 10.0. The maximum atomic E-state index is 12.6. The molecule has 0 heterocycles. The van der Waals surface area contributed by atoms with E-state index in [4.69, 9.17) is 14.2 Å². The van der Waals surface area contributed by atoms with Gasteiger partial charge in [0.05, 0.1) is 6.42 Å². The van der Waals surface area contributed by atoms with Crippen LogP contribution in [0.5, 0.6) is 5.75 Å². The van der Waals surface area contributed by atoms with Gasteiger partial charge in [-0.05, 0) is 77.0 Å². The third-order valence-electron chi connectivity index (χ3n) is 7.74. The minimum atomic E-state index is -0.513. The van der Waals surface area contributed by atoms with E-state index in [2.05, 4.69) is 13.8 Å². The molecule has 0 saturated heterocycles. The summed E-state index contributed by atoms with van der Waals surface area (Å²) in [6.45, 7) is 10.0. The van der Waals surface area contributed by atoms with E-state index in [1.54, 1.807) is 24.3 Å². The molecular formula is C38H64O6. The second kappa shape index (κ2) is 24.9. The van der Waals surface area contributed by atoms with Crippen molar-refractivity contribution in [3.05, 3.63) is 29.8 Å². The highest BCUT2D eigenvalue weighted by molar-refractivity contribution is 5.74. The Morgan fingerprint density at radius 1 is 0.591 bits per heavy atom. The fourth-order valence-corrected chi connectivity index (χ4v) is 5.28. The van der Waals surface area contributed by atoms with Gasteiger partial charge in [0.15, 0.2) is 0 Å². The Morgan fingerprint density at radius 3 is 1.55 bits per heavy atom. The maximum absolute atomic E-state index is 12.6. The number of carbonyl (C=O) groups excluding carboxylic acids is 3. The molecule has 252 valence electrons. The van der Waals surface area contributed by atoms with Gasteiger partial charge >= 0.3 is 17.9 Å². The van der Waals surface area contributed by atoms with E-state index in [-0.39, 0.29) is 30.4 Å². The third kappa shape index (κ3) is 23.1. The van der Waals surface area contributed by atoms with Crippen LogP contribution in [-0.2, 0) is 30.3 Å². The summed E-state index contributed by atoms with van der Waals surface area (Å²) in [6.07, 6.45) is 22.7. The first-order chi connectivity index (χ1) is 21.1. The Balaban J connectivity index is 2.22. The molecule has 0 aromatic heterocycles. The standard InChI is InChI=1S/C38H64O6/c1-6-8-10-12-15-19-23-33(24-20-16-13-11-9-7-2)42-35(39)25-21-17-14-18-22-26-36(40)43-34-29-27-32(28-30-34)31-37(41)44-38(3,4)5/h27-30,33H,6-26,31H2,1-5H3. The minimum Gasteiger partial charge on any atom is -0.462 e. The van der Waals surface area contributed by atoms with Crippen molar-refractivity contribution in [1.82, 2.24) is 0 Å². The quantitative estimate of drug-likeness (QED) is 0.0585. The first-order valence-electron chi connectivity index (χ1n) is 17.8. The van der Waals surface area contributed by atoms with Crippen LogP contribution < -0.4 is 4.74 Å². The van der Waals surface area contributed by atoms with Crippen molar-refractivity contribution >= 4 is 17.9 Å². The van der Waals surface area contributed by atoms with Crippen LogP contribution in [0, 0.1) is 0 Å². The second-order valence-corrected chi connectivity index (χ2v) is 13.4. The number of hydrogen-bond donors (Lipinski definition) is 0. The molecule has 0 aliphatic heterocycles. The van der Waals surface area contributed by atoms with Crippen LogP contribution in [-0.4, -0.2) is 29.6 Å². The predicted molar refractivity (Wildman–Crippen MR) is 180 cm³/mol. The number of ether oxygens (including phenoxy) is 3. The van der Waals surface area contributed by atoms with Crippen molar-refractivity contribution in [1.29, 1.82) is 0 Å². The Morgan fingerprint density at radius 2 is 1.05 bits per heavy atom. The van der Waals surface area contributed by atoms with Gasteiger partial charge < -0.3 is 14.2 Å². The van der Waals surface area contributed by atoms with Crippen LogP contribution in [0.1, 0.15) is 175 Å². The van der Waals surface area contributed by atoms with Crippen LogP contribution in [0.2, 0.25) is 0 Å². The van der Waals surface area contributed by atoms with E-state index in [1.807, 2.05) is 20.8 Å². The smallest absolute Gasteiger partial charge is 0.311 e. The molecular weight excluding hydrogens is 552 g/mol. The Labute approximate surface area is 269 Å². The van der Waals surface area contributed by atoms with E-state index in [1.165, 1.54) is 64.2 Å². The summed E-state index contributed by atoms with van der Waals surface area (Å²) in [5, 5.41) is 0. The molecule has 0 amide bonds. The molecule has 0 saturated carbocycles. The van der Waals surface area contributed by atoms with Crippen molar-refractivity contribution < 1.29 is 28.6 Å². The molecule has 6 heteroatoms. The van der Waals surface area contributed by atoms with Crippen LogP contribution in [0.3, 0.4) is 0 Å². The zero-order chi connectivity index (χ0) is 32.5. The van der Waals surface area contributed by atoms with E-state index >= 15 is 0 Å². The average molecular weight is 617 g/mol. The number of hydrogen-bond acceptors (Lipinski definition) is 6. The monoisotopic (exact) mass is 616 g/mol. The molecule has 0 unspecified atom stereocenters. The minimum absolute atomic E-state index is 0.0485. The number of esters is 3. The summed E-state index contributed by atoms with van der Waals surface area (Å²) in [7, 11) is 0. The number of carbonyl (C=O) groups is 3. The van der Waals surface area contributed by atoms with Crippen molar-refractivity contribution in [2.45, 2.75) is 188 Å². The molecule has 0 fully saturated rings. The van der Waals surface area contributed by atoms with Crippen molar-refractivity contribution in [2.24, 2.45) is 0 Å². The van der Waals surface area contributed by atoms with E-state index in [0.29, 0.717) is 18.6 Å². The summed E-state index contributed by atoms with van der Waals surface area (Å²) < 4.78 is 16.7. The lowest BCUT2D eigenvalue weighted by Gasteiger charge is -2.19. The summed E-state index contributed by atoms with van der Waals surface area (Å²) >= 11 is 0. The van der Waals surface area contributed by atoms with Gasteiger partial charge in [-0.1, -0.05) is 109 Å². The average Bonchev–Trinajstić information content (AvgIpc) is 2.96. The summed E-state index contributed by atoms with van der Waals surface area (Å²) in [4.78, 5) is 36.8. The van der Waals surface area contributed by atoms with Crippen LogP contribution in [0.4, 0.5) is 0 Å². The normalized spacial score (nSPS) is 11.5. The number of unbranched alkanes of at least 4 members (excludes halogenated alkanes) is 14. The topological polar surface area (TPSA) is 78.9 Å². The number of rotatable bonds is 26. The van der Waals surface area contributed by atoms with Gasteiger partial charge in [0.2, 0.25) is 0 Å². The summed E-state index contributed by atoms with van der Waals surface area (Å²) in [5.74, 6) is -0.106. The molecule has 0 N–H and O–H groups in total. The lowest BCUT2D eigenvalue weighted by molar-refractivity contribution is -0.154. The molecule has 0 radical (unpaired) electrons. The Hall–Kier alpha value is -2.37. The highest BCUT2D eigenvalue weighted by atomic mass is 16.6. The fourth-order valence-electron chi connectivity index (χ4n) is 5.28. The van der Waals surface area contributed by atoms with Crippen molar-refractivity contribution in [3.63, 3.8) is 0 Å². The zero-order valence-corrected chi connectivity index (χ0v) is 28.9. The Kier molecular flexibility index (Phi) is 22.4. The van der Waals surface area contributed by atoms with Gasteiger partial charge in [-0.25, -0.2) is 0 Å². The first-order valence-corrected chi connectivity index (χ1v) is 17.8. The van der Waals surface area contributed by atoms with Crippen LogP contribution in [0.25, 0.3) is 0 Å². The molecule has 6 nitrogen and oxygen atoms in total. The molecule has 0 spiro atoms. The van der Waals surface area contributed by atoms with E-state index in [0.717, 1.165) is 63.4 Å². The van der Waals surface area contributed by atoms with E-state index < -0.39 is 5.60 Å². The van der Waals surface area contributed by atoms with Crippen molar-refractivity contribution in [3.8, 4) is 5.75 Å². The Bertz CT molecular complexity index is 870. The van der Waals surface area contributed by atoms with Crippen molar-refractivity contribution in [2.75, 3.05) is 0 Å². The largest absolute Gasteiger partial charge is 0.462 e. The molecule has 1 aromatic rings. The summed E-state index contributed by atoms with van der Waals surface area (Å²) in [6, 6.07) is 6.98. The molecule has 0 bridgehead atoms. The fraction of sp³-hybridized carbons (Fsp3) is 0.763. The molecule has 0 aliphatic rings. The second-order valence-electron chi connectivity index (χ2n) is 13.4. The number of benzene rings is 1. The van der Waals surface area contributed by atoms with Gasteiger partial charge in [-0.2, -0.15) is 0 Å². The van der Waals surface area contributed by atoms with Gasteiger partial charge in [0.25, 0.3) is 0 Å². The third-order valence-corrected chi connectivity index (χ3v) is 7.74. The summed E-state index contributed by atoms with van der Waals surface area (Å²) in [5.41, 5.74) is 0.301.